The van der Waals surface area contributed by atoms with Gasteiger partial charge in [-0.3, -0.25) is 0 Å². The second kappa shape index (κ2) is 12.8. The number of rotatable bonds is 9. The minimum Gasteiger partial charge on any atom is -0.550 e. The van der Waals surface area contributed by atoms with E-state index in [2.05, 4.69) is 6.58 Å². The van der Waals surface area contributed by atoms with Crippen molar-refractivity contribution >= 4 is 5.97 Å². The second-order valence-electron chi connectivity index (χ2n) is 3.32. The van der Waals surface area contributed by atoms with Crippen LogP contribution in [0.15, 0.2) is 12.7 Å². The molecule has 0 N–H and O–H groups in total. The fourth-order valence-electron chi connectivity index (χ4n) is 1.27. The molecular formula is C11H19LiO2. The first-order valence-electron chi connectivity index (χ1n) is 5.08. The van der Waals surface area contributed by atoms with Gasteiger partial charge in [0.25, 0.3) is 0 Å². The maximum Gasteiger partial charge on any atom is 1.00 e. The molecule has 0 saturated heterocycles. The first kappa shape index (κ1) is 16.2. The van der Waals surface area contributed by atoms with Crippen molar-refractivity contribution in [3.63, 3.8) is 0 Å². The molecule has 0 rings (SSSR count). The van der Waals surface area contributed by atoms with Gasteiger partial charge in [-0.2, -0.15) is 0 Å². The number of carboxylic acid groups (broad SMARTS) is 1. The Morgan fingerprint density at radius 2 is 1.57 bits per heavy atom. The molecule has 0 unspecified atom stereocenters. The Bertz CT molecular complexity index is 146. The number of carbonyl (C=O) groups is 1. The van der Waals surface area contributed by atoms with E-state index in [1.54, 1.807) is 0 Å². The van der Waals surface area contributed by atoms with Gasteiger partial charge in [0, 0.05) is 5.97 Å². The Morgan fingerprint density at radius 3 is 2.07 bits per heavy atom. The molecule has 14 heavy (non-hydrogen) atoms. The van der Waals surface area contributed by atoms with Crippen molar-refractivity contribution in [1.82, 2.24) is 0 Å². The summed E-state index contributed by atoms with van der Waals surface area (Å²) in [5.74, 6) is -0.924. The summed E-state index contributed by atoms with van der Waals surface area (Å²) < 4.78 is 0. The Balaban J connectivity index is 0. The summed E-state index contributed by atoms with van der Waals surface area (Å²) in [4.78, 5) is 10.1. The van der Waals surface area contributed by atoms with Gasteiger partial charge in [0.15, 0.2) is 0 Å². The van der Waals surface area contributed by atoms with Crippen LogP contribution in [0.2, 0.25) is 0 Å². The number of aliphatic carboxylic acids is 1. The van der Waals surface area contributed by atoms with E-state index in [0.717, 1.165) is 25.7 Å². The molecule has 2 nitrogen and oxygen atoms in total. The van der Waals surface area contributed by atoms with Gasteiger partial charge in [-0.25, -0.2) is 0 Å². The van der Waals surface area contributed by atoms with Crippen molar-refractivity contribution < 1.29 is 28.8 Å². The zero-order chi connectivity index (χ0) is 9.94. The van der Waals surface area contributed by atoms with Crippen molar-refractivity contribution in [2.45, 2.75) is 51.4 Å². The van der Waals surface area contributed by atoms with Crippen LogP contribution < -0.4 is 24.0 Å². The largest absolute Gasteiger partial charge is 1.00 e. The van der Waals surface area contributed by atoms with Crippen LogP contribution in [0, 0.1) is 0 Å². The van der Waals surface area contributed by atoms with E-state index >= 15 is 0 Å². The third-order valence-electron chi connectivity index (χ3n) is 2.04. The number of unbranched alkanes of at least 4 members (excludes halogenated alkanes) is 6. The van der Waals surface area contributed by atoms with Gasteiger partial charge in [-0.15, -0.1) is 6.58 Å². The molecule has 0 fully saturated rings. The van der Waals surface area contributed by atoms with Crippen LogP contribution in [0.4, 0.5) is 0 Å². The molecule has 0 spiro atoms. The minimum absolute atomic E-state index is 0. The van der Waals surface area contributed by atoms with Gasteiger partial charge in [-0.05, 0) is 25.7 Å². The summed E-state index contributed by atoms with van der Waals surface area (Å²) in [7, 11) is 0. The molecular weight excluding hydrogens is 171 g/mol. The van der Waals surface area contributed by atoms with Crippen LogP contribution in [0.5, 0.6) is 0 Å². The Labute approximate surface area is 99.0 Å². The molecule has 0 bridgehead atoms. The summed E-state index contributed by atoms with van der Waals surface area (Å²) in [5.41, 5.74) is 0. The maximum absolute atomic E-state index is 10.1. The zero-order valence-corrected chi connectivity index (χ0v) is 9.26. The summed E-state index contributed by atoms with van der Waals surface area (Å²) in [5, 5.41) is 10.1. The van der Waals surface area contributed by atoms with Crippen LogP contribution in [0.25, 0.3) is 0 Å². The predicted octanol–water partition coefficient (Wildman–Crippen LogP) is -0.953. The Kier molecular flexibility index (Phi) is 14.9. The molecule has 0 aliphatic rings. The second-order valence-corrected chi connectivity index (χ2v) is 3.32. The van der Waals surface area contributed by atoms with Gasteiger partial charge in [0.1, 0.15) is 0 Å². The Morgan fingerprint density at radius 1 is 1.07 bits per heavy atom. The third-order valence-corrected chi connectivity index (χ3v) is 2.04. The fourth-order valence-corrected chi connectivity index (χ4v) is 1.27. The molecule has 0 heterocycles. The average molecular weight is 190 g/mol. The van der Waals surface area contributed by atoms with Gasteiger partial charge in [0.05, 0.1) is 0 Å². The molecule has 0 aromatic heterocycles. The van der Waals surface area contributed by atoms with Crippen molar-refractivity contribution in [2.24, 2.45) is 0 Å². The molecule has 0 saturated carbocycles. The zero-order valence-electron chi connectivity index (χ0n) is 9.26. The molecule has 0 aromatic carbocycles. The van der Waals surface area contributed by atoms with Crippen molar-refractivity contribution in [3.05, 3.63) is 12.7 Å². The summed E-state index contributed by atoms with van der Waals surface area (Å²) in [6.45, 7) is 3.66. The normalized spacial score (nSPS) is 9.14. The van der Waals surface area contributed by atoms with E-state index in [1.807, 2.05) is 6.08 Å². The monoisotopic (exact) mass is 190 g/mol. The van der Waals surface area contributed by atoms with Gasteiger partial charge in [-0.1, -0.05) is 31.8 Å². The quantitative estimate of drug-likeness (QED) is 0.267. The molecule has 76 valence electrons. The molecule has 0 amide bonds. The van der Waals surface area contributed by atoms with E-state index in [-0.39, 0.29) is 25.3 Å². The first-order chi connectivity index (χ1) is 6.27. The first-order valence-corrected chi connectivity index (χ1v) is 5.08. The average Bonchev–Trinajstić information content (AvgIpc) is 2.09. The van der Waals surface area contributed by atoms with Crippen LogP contribution in [-0.4, -0.2) is 5.97 Å². The van der Waals surface area contributed by atoms with E-state index < -0.39 is 5.97 Å². The van der Waals surface area contributed by atoms with Crippen molar-refractivity contribution in [2.75, 3.05) is 0 Å². The van der Waals surface area contributed by atoms with Gasteiger partial charge < -0.3 is 9.90 Å². The number of hydrogen-bond donors (Lipinski definition) is 0. The standard InChI is InChI=1S/C11H20O2.Li/c1-2-3-4-5-6-7-8-9-10-11(12)13;/h2H,1,3-10H2,(H,12,13);/q;+1/p-1. The number of carbonyl (C=O) groups excluding carboxylic acids is 1. The predicted molar refractivity (Wildman–Crippen MR) is 52.1 cm³/mol. The van der Waals surface area contributed by atoms with E-state index in [9.17, 15) is 9.90 Å². The molecule has 0 atom stereocenters. The van der Waals surface area contributed by atoms with Gasteiger partial charge >= 0.3 is 18.9 Å². The summed E-state index contributed by atoms with van der Waals surface area (Å²) in [6, 6.07) is 0. The molecule has 0 aliphatic heterocycles. The van der Waals surface area contributed by atoms with Crippen LogP contribution in [0.1, 0.15) is 51.4 Å². The van der Waals surface area contributed by atoms with Crippen LogP contribution in [0.3, 0.4) is 0 Å². The summed E-state index contributed by atoms with van der Waals surface area (Å²) in [6.07, 6.45) is 9.83. The molecule has 0 radical (unpaired) electrons. The SMILES string of the molecule is C=CCCCCCCCCC(=O)[O-].[Li+]. The van der Waals surface area contributed by atoms with Crippen LogP contribution >= 0.6 is 0 Å². The summed E-state index contributed by atoms with van der Waals surface area (Å²) >= 11 is 0. The topological polar surface area (TPSA) is 40.1 Å². The number of allylic oxidation sites excluding steroid dienone is 1. The Hall–Kier alpha value is -0.193. The number of hydrogen-bond acceptors (Lipinski definition) is 2. The molecule has 0 aliphatic carbocycles. The number of carboxylic acids is 1. The van der Waals surface area contributed by atoms with Crippen LogP contribution in [-0.2, 0) is 4.79 Å². The van der Waals surface area contributed by atoms with E-state index in [0.29, 0.717) is 0 Å². The van der Waals surface area contributed by atoms with E-state index in [4.69, 9.17) is 0 Å². The minimum atomic E-state index is -0.924. The maximum atomic E-state index is 10.1. The van der Waals surface area contributed by atoms with Crippen molar-refractivity contribution in [1.29, 1.82) is 0 Å². The smallest absolute Gasteiger partial charge is 0.550 e. The van der Waals surface area contributed by atoms with Crippen molar-refractivity contribution in [3.8, 4) is 0 Å². The molecule has 3 heteroatoms. The fraction of sp³-hybridized carbons (Fsp3) is 0.727. The van der Waals surface area contributed by atoms with Gasteiger partial charge in [0.2, 0.25) is 0 Å². The molecule has 0 aromatic rings. The third kappa shape index (κ3) is 14.3. The van der Waals surface area contributed by atoms with E-state index in [1.165, 1.54) is 19.3 Å².